The molecular formula is C30H31N3O5S2. The number of hydrogen-bond acceptors (Lipinski definition) is 6. The third-order valence-corrected chi connectivity index (χ3v) is 9.39. The predicted molar refractivity (Wildman–Crippen MR) is 156 cm³/mol. The highest BCUT2D eigenvalue weighted by molar-refractivity contribution is 7.90. The van der Waals surface area contributed by atoms with Crippen LogP contribution in [0.15, 0.2) is 71.6 Å². The molecule has 1 aliphatic heterocycles. The van der Waals surface area contributed by atoms with Gasteiger partial charge in [-0.25, -0.2) is 17.9 Å². The zero-order valence-corrected chi connectivity index (χ0v) is 24.0. The van der Waals surface area contributed by atoms with Crippen LogP contribution >= 0.6 is 11.3 Å². The largest absolute Gasteiger partial charge is 0.480 e. The van der Waals surface area contributed by atoms with Crippen molar-refractivity contribution in [3.63, 3.8) is 0 Å². The molecule has 208 valence electrons. The van der Waals surface area contributed by atoms with Crippen LogP contribution in [0.5, 0.6) is 0 Å². The molecule has 3 heterocycles. The first-order chi connectivity index (χ1) is 19.2. The number of carbonyl (C=O) groups is 2. The first-order valence-electron chi connectivity index (χ1n) is 13.3. The van der Waals surface area contributed by atoms with E-state index in [4.69, 9.17) is 5.10 Å². The molecule has 0 radical (unpaired) electrons. The maximum atomic E-state index is 13.6. The number of aryl methyl sites for hydroxylation is 1. The molecule has 10 heteroatoms. The Labute approximate surface area is 237 Å². The molecule has 1 amide bonds. The Kier molecular flexibility index (Phi) is 7.91. The lowest BCUT2D eigenvalue weighted by Gasteiger charge is -2.32. The quantitative estimate of drug-likeness (QED) is 0.288. The summed E-state index contributed by atoms with van der Waals surface area (Å²) >= 11 is 1.48. The van der Waals surface area contributed by atoms with Crippen molar-refractivity contribution in [2.24, 2.45) is 0 Å². The molecule has 0 bridgehead atoms. The van der Waals surface area contributed by atoms with Crippen LogP contribution in [-0.2, 0) is 21.1 Å². The van der Waals surface area contributed by atoms with E-state index in [0.29, 0.717) is 18.7 Å². The average molecular weight is 578 g/mol. The van der Waals surface area contributed by atoms with Crippen LogP contribution in [0.4, 0.5) is 0 Å². The van der Waals surface area contributed by atoms with Crippen molar-refractivity contribution in [1.29, 1.82) is 0 Å². The molecule has 5 rings (SSSR count). The van der Waals surface area contributed by atoms with E-state index >= 15 is 0 Å². The SMILES string of the molecule is CCCc1ccccc1-n1nc(C(=O)N2CCCCC2C(=O)O)cc1-c1ccc(-c2cccc(S(C)(=O)=O)c2)s1. The molecule has 1 aliphatic rings. The number of benzene rings is 2. The van der Waals surface area contributed by atoms with Crippen LogP contribution in [0.3, 0.4) is 0 Å². The van der Waals surface area contributed by atoms with E-state index in [1.807, 2.05) is 42.5 Å². The molecule has 2 aromatic heterocycles. The molecule has 0 spiro atoms. The Balaban J connectivity index is 1.61. The van der Waals surface area contributed by atoms with Gasteiger partial charge in [0.15, 0.2) is 15.5 Å². The van der Waals surface area contributed by atoms with Crippen LogP contribution in [0.25, 0.3) is 26.7 Å². The van der Waals surface area contributed by atoms with Gasteiger partial charge < -0.3 is 10.0 Å². The Bertz CT molecular complexity index is 1670. The molecule has 0 saturated carbocycles. The molecule has 40 heavy (non-hydrogen) atoms. The number of thiophene rings is 1. The number of amides is 1. The minimum Gasteiger partial charge on any atom is -0.480 e. The van der Waals surface area contributed by atoms with Crippen molar-refractivity contribution in [2.75, 3.05) is 12.8 Å². The first kappa shape index (κ1) is 27.8. The lowest BCUT2D eigenvalue weighted by molar-refractivity contribution is -0.143. The summed E-state index contributed by atoms with van der Waals surface area (Å²) in [5.74, 6) is -1.39. The summed E-state index contributed by atoms with van der Waals surface area (Å²) in [7, 11) is -3.35. The van der Waals surface area contributed by atoms with Crippen LogP contribution in [0.2, 0.25) is 0 Å². The molecule has 1 saturated heterocycles. The lowest BCUT2D eigenvalue weighted by Crippen LogP contribution is -2.48. The summed E-state index contributed by atoms with van der Waals surface area (Å²) in [6.07, 6.45) is 4.91. The van der Waals surface area contributed by atoms with Crippen LogP contribution in [0.1, 0.15) is 48.7 Å². The number of carbonyl (C=O) groups excluding carboxylic acids is 1. The van der Waals surface area contributed by atoms with Crippen molar-refractivity contribution >= 4 is 33.1 Å². The van der Waals surface area contributed by atoms with Gasteiger partial charge in [-0.05, 0) is 73.2 Å². The van der Waals surface area contributed by atoms with Crippen molar-refractivity contribution in [3.05, 3.63) is 78.0 Å². The standard InChI is InChI=1S/C30H31N3O5S2/c1-3-9-20-10-4-5-13-24(20)33-26(19-23(31-33)29(34)32-17-7-6-14-25(32)30(35)36)28-16-15-27(39-28)21-11-8-12-22(18-21)40(2,37)38/h4-5,8,10-13,15-16,18-19,25H,3,6-7,9,14,17H2,1-2H3,(H,35,36). The van der Waals surface area contributed by atoms with Gasteiger partial charge in [0.1, 0.15) is 6.04 Å². The summed E-state index contributed by atoms with van der Waals surface area (Å²) in [5, 5.41) is 14.5. The number of para-hydroxylation sites is 1. The second-order valence-electron chi connectivity index (χ2n) is 10.0. The molecule has 1 atom stereocenters. The fourth-order valence-corrected chi connectivity index (χ4v) is 6.80. The van der Waals surface area contributed by atoms with E-state index in [1.54, 1.807) is 28.9 Å². The smallest absolute Gasteiger partial charge is 0.326 e. The highest BCUT2D eigenvalue weighted by atomic mass is 32.2. The number of rotatable bonds is 8. The fraction of sp³-hybridized carbons (Fsp3) is 0.300. The molecule has 8 nitrogen and oxygen atoms in total. The third-order valence-electron chi connectivity index (χ3n) is 7.12. The monoisotopic (exact) mass is 577 g/mol. The maximum absolute atomic E-state index is 13.6. The molecule has 1 fully saturated rings. The highest BCUT2D eigenvalue weighted by Gasteiger charge is 2.34. The number of likely N-dealkylation sites (tertiary alicyclic amines) is 1. The van der Waals surface area contributed by atoms with Gasteiger partial charge in [0.2, 0.25) is 0 Å². The number of piperidine rings is 1. The van der Waals surface area contributed by atoms with Gasteiger partial charge in [0.25, 0.3) is 5.91 Å². The predicted octanol–water partition coefficient (Wildman–Crippen LogP) is 5.70. The molecule has 1 N–H and O–H groups in total. The van der Waals surface area contributed by atoms with Crippen LogP contribution < -0.4 is 0 Å². The Morgan fingerprint density at radius 2 is 1.80 bits per heavy atom. The normalized spacial score (nSPS) is 15.8. The fourth-order valence-electron chi connectivity index (χ4n) is 5.13. The van der Waals surface area contributed by atoms with Crippen LogP contribution in [-0.4, -0.2) is 58.9 Å². The van der Waals surface area contributed by atoms with E-state index in [1.165, 1.54) is 22.5 Å². The van der Waals surface area contributed by atoms with E-state index in [0.717, 1.165) is 52.3 Å². The number of carboxylic acids is 1. The zero-order valence-electron chi connectivity index (χ0n) is 22.4. The second-order valence-corrected chi connectivity index (χ2v) is 13.1. The highest BCUT2D eigenvalue weighted by Crippen LogP contribution is 2.37. The van der Waals surface area contributed by atoms with Gasteiger partial charge in [-0.1, -0.05) is 43.7 Å². The van der Waals surface area contributed by atoms with E-state index in [-0.39, 0.29) is 10.6 Å². The zero-order chi connectivity index (χ0) is 28.4. The molecular weight excluding hydrogens is 546 g/mol. The van der Waals surface area contributed by atoms with Crippen molar-refractivity contribution in [2.45, 2.75) is 50.0 Å². The topological polar surface area (TPSA) is 110 Å². The van der Waals surface area contributed by atoms with Gasteiger partial charge in [0, 0.05) is 17.7 Å². The number of nitrogens with zero attached hydrogens (tertiary/aromatic N) is 3. The third kappa shape index (κ3) is 5.59. The Hall–Kier alpha value is -3.76. The molecule has 4 aromatic rings. The van der Waals surface area contributed by atoms with Gasteiger partial charge in [-0.3, -0.25) is 4.79 Å². The summed E-state index contributed by atoms with van der Waals surface area (Å²) in [5.41, 5.74) is 3.65. The van der Waals surface area contributed by atoms with Crippen molar-refractivity contribution < 1.29 is 23.1 Å². The summed E-state index contributed by atoms with van der Waals surface area (Å²) in [4.78, 5) is 29.0. The van der Waals surface area contributed by atoms with Gasteiger partial charge in [0.05, 0.1) is 21.2 Å². The second kappa shape index (κ2) is 11.4. The Morgan fingerprint density at radius 3 is 2.55 bits per heavy atom. The summed E-state index contributed by atoms with van der Waals surface area (Å²) in [6, 6.07) is 19.5. The van der Waals surface area contributed by atoms with E-state index in [9.17, 15) is 23.1 Å². The first-order valence-corrected chi connectivity index (χ1v) is 16.0. The number of aromatic nitrogens is 2. The molecule has 0 aliphatic carbocycles. The van der Waals surface area contributed by atoms with Gasteiger partial charge in [-0.2, -0.15) is 5.10 Å². The number of sulfone groups is 1. The maximum Gasteiger partial charge on any atom is 0.326 e. The minimum atomic E-state index is -3.35. The number of hydrogen-bond donors (Lipinski definition) is 1. The van der Waals surface area contributed by atoms with Crippen LogP contribution in [0, 0.1) is 0 Å². The van der Waals surface area contributed by atoms with Crippen molar-refractivity contribution in [3.8, 4) is 26.7 Å². The van der Waals surface area contributed by atoms with E-state index in [2.05, 4.69) is 6.92 Å². The number of carboxylic acid groups (broad SMARTS) is 1. The minimum absolute atomic E-state index is 0.198. The average Bonchev–Trinajstić information content (AvgIpc) is 3.61. The lowest BCUT2D eigenvalue weighted by atomic mass is 10.0. The van der Waals surface area contributed by atoms with Gasteiger partial charge in [-0.15, -0.1) is 11.3 Å². The Morgan fingerprint density at radius 1 is 1.02 bits per heavy atom. The number of aliphatic carboxylic acids is 1. The summed E-state index contributed by atoms with van der Waals surface area (Å²) < 4.78 is 26.0. The molecule has 2 aromatic carbocycles. The van der Waals surface area contributed by atoms with Crippen molar-refractivity contribution in [1.82, 2.24) is 14.7 Å². The molecule has 1 unspecified atom stereocenters. The van der Waals surface area contributed by atoms with E-state index < -0.39 is 27.8 Å². The summed E-state index contributed by atoms with van der Waals surface area (Å²) in [6.45, 7) is 2.48. The van der Waals surface area contributed by atoms with Gasteiger partial charge >= 0.3 is 5.97 Å².